The third kappa shape index (κ3) is 4.44. The van der Waals surface area contributed by atoms with Crippen molar-refractivity contribution < 1.29 is 17.9 Å². The number of hydrogen-bond acceptors (Lipinski definition) is 6. The van der Waals surface area contributed by atoms with Crippen molar-refractivity contribution in [2.24, 2.45) is 0 Å². The molecule has 8 nitrogen and oxygen atoms in total. The van der Waals surface area contributed by atoms with Gasteiger partial charge < -0.3 is 9.47 Å². The molecule has 0 spiro atoms. The highest BCUT2D eigenvalue weighted by Crippen LogP contribution is 2.35. The van der Waals surface area contributed by atoms with E-state index in [4.69, 9.17) is 9.47 Å². The van der Waals surface area contributed by atoms with Crippen molar-refractivity contribution >= 4 is 34.3 Å². The fraction of sp³-hybridized carbons (Fsp3) is 0.417. The molecule has 0 bridgehead atoms. The smallest absolute Gasteiger partial charge is 0.321 e. The standard InChI is InChI=1S/C24H32N4O4SSi/c1-16-12-14-18(15-13-16)33(29,30)27-28-20(17-10-8-7-9-11-17)21(34(4,5)6)19-22(28)25-24(32-3)26-23(19)31-2/h8,10,12-15,17,27H,7,9,11H2,1-6H3. The minimum absolute atomic E-state index is 0.0427. The summed E-state index contributed by atoms with van der Waals surface area (Å²) in [5.41, 5.74) is 2.33. The van der Waals surface area contributed by atoms with Gasteiger partial charge in [-0.25, -0.2) is 9.51 Å². The minimum atomic E-state index is -3.89. The molecule has 0 amide bonds. The van der Waals surface area contributed by atoms with E-state index in [1.807, 2.05) is 6.92 Å². The fourth-order valence-electron chi connectivity index (χ4n) is 4.52. The van der Waals surface area contributed by atoms with E-state index in [9.17, 15) is 8.42 Å². The van der Waals surface area contributed by atoms with E-state index in [1.165, 1.54) is 7.11 Å². The number of aromatic nitrogens is 3. The summed E-state index contributed by atoms with van der Waals surface area (Å²) >= 11 is 0. The molecule has 0 radical (unpaired) electrons. The Labute approximate surface area is 202 Å². The fourth-order valence-corrected chi connectivity index (χ4v) is 7.58. The average molecular weight is 501 g/mol. The summed E-state index contributed by atoms with van der Waals surface area (Å²) in [4.78, 5) is 12.1. The highest BCUT2D eigenvalue weighted by atomic mass is 32.2. The Kier molecular flexibility index (Phi) is 6.47. The molecule has 3 aromatic rings. The second-order valence-corrected chi connectivity index (χ2v) is 16.3. The molecule has 0 aliphatic heterocycles. The van der Waals surface area contributed by atoms with Crippen LogP contribution in [0.4, 0.5) is 0 Å². The van der Waals surface area contributed by atoms with Crippen molar-refractivity contribution in [1.82, 2.24) is 14.6 Å². The molecule has 182 valence electrons. The molecule has 1 aromatic carbocycles. The predicted molar refractivity (Wildman–Crippen MR) is 137 cm³/mol. The zero-order valence-corrected chi connectivity index (χ0v) is 22.4. The molecule has 2 aromatic heterocycles. The van der Waals surface area contributed by atoms with Crippen molar-refractivity contribution in [2.75, 3.05) is 19.1 Å². The van der Waals surface area contributed by atoms with E-state index < -0.39 is 18.1 Å². The molecule has 4 rings (SSSR count). The van der Waals surface area contributed by atoms with Crippen LogP contribution in [0, 0.1) is 6.92 Å². The highest BCUT2D eigenvalue weighted by Gasteiger charge is 2.36. The van der Waals surface area contributed by atoms with Crippen molar-refractivity contribution in [1.29, 1.82) is 0 Å². The van der Waals surface area contributed by atoms with Gasteiger partial charge in [0.15, 0.2) is 5.65 Å². The van der Waals surface area contributed by atoms with Gasteiger partial charge >= 0.3 is 6.01 Å². The lowest BCUT2D eigenvalue weighted by atomic mass is 9.93. The molecular formula is C24H32N4O4SSi. The number of rotatable bonds is 7. The normalized spacial score (nSPS) is 16.6. The maximum Gasteiger partial charge on any atom is 0.321 e. The molecule has 0 saturated heterocycles. The Hall–Kier alpha value is -2.85. The van der Waals surface area contributed by atoms with Gasteiger partial charge in [0.05, 0.1) is 32.6 Å². The van der Waals surface area contributed by atoms with Crippen molar-refractivity contribution in [3.8, 4) is 11.9 Å². The van der Waals surface area contributed by atoms with Gasteiger partial charge in [0.2, 0.25) is 5.88 Å². The first-order valence-corrected chi connectivity index (χ1v) is 16.4. The first-order valence-electron chi connectivity index (χ1n) is 11.4. The molecule has 1 aliphatic rings. The van der Waals surface area contributed by atoms with E-state index >= 15 is 0 Å². The van der Waals surface area contributed by atoms with Gasteiger partial charge in [-0.2, -0.15) is 18.4 Å². The number of fused-ring (bicyclic) bond motifs is 1. The van der Waals surface area contributed by atoms with E-state index in [0.717, 1.165) is 41.1 Å². The Balaban J connectivity index is 2.06. The van der Waals surface area contributed by atoms with E-state index in [2.05, 4.69) is 46.6 Å². The number of ether oxygens (including phenoxy) is 2. The summed E-state index contributed by atoms with van der Waals surface area (Å²) < 4.78 is 39.7. The van der Waals surface area contributed by atoms with Gasteiger partial charge in [0.1, 0.15) is 0 Å². The maximum absolute atomic E-state index is 13.5. The third-order valence-electron chi connectivity index (χ3n) is 6.07. The maximum atomic E-state index is 13.5. The lowest BCUT2D eigenvalue weighted by Crippen LogP contribution is -2.42. The third-order valence-corrected chi connectivity index (χ3v) is 9.39. The van der Waals surface area contributed by atoms with Crippen molar-refractivity contribution in [3.63, 3.8) is 0 Å². The number of aryl methyl sites for hydroxylation is 1. The second-order valence-electron chi connectivity index (χ2n) is 9.64. The van der Waals surface area contributed by atoms with Crippen LogP contribution in [0.5, 0.6) is 11.9 Å². The number of allylic oxidation sites excluding steroid dienone is 2. The highest BCUT2D eigenvalue weighted by molar-refractivity contribution is 7.92. The molecule has 0 saturated carbocycles. The van der Waals surface area contributed by atoms with Gasteiger partial charge in [-0.15, -0.1) is 0 Å². The van der Waals surface area contributed by atoms with Gasteiger partial charge in [0.25, 0.3) is 10.0 Å². The lowest BCUT2D eigenvalue weighted by Gasteiger charge is -2.25. The summed E-state index contributed by atoms with van der Waals surface area (Å²) in [7, 11) is -2.89. The van der Waals surface area contributed by atoms with Gasteiger partial charge in [-0.3, -0.25) is 0 Å². The van der Waals surface area contributed by atoms with Crippen molar-refractivity contribution in [2.45, 2.75) is 56.6 Å². The molecule has 34 heavy (non-hydrogen) atoms. The summed E-state index contributed by atoms with van der Waals surface area (Å²) in [6.07, 6.45) is 7.32. The molecule has 1 atom stereocenters. The molecule has 1 N–H and O–H groups in total. The van der Waals surface area contributed by atoms with Crippen LogP contribution < -0.4 is 19.5 Å². The van der Waals surface area contributed by atoms with Gasteiger partial charge in [-0.05, 0) is 43.5 Å². The Morgan fingerprint density at radius 1 is 1.09 bits per heavy atom. The predicted octanol–water partition coefficient (Wildman–Crippen LogP) is 4.06. The minimum Gasteiger partial charge on any atom is -0.480 e. The van der Waals surface area contributed by atoms with Crippen LogP contribution in [0.25, 0.3) is 11.0 Å². The quantitative estimate of drug-likeness (QED) is 0.388. The van der Waals surface area contributed by atoms with E-state index in [-0.39, 0.29) is 16.8 Å². The van der Waals surface area contributed by atoms with Crippen LogP contribution in [0.1, 0.15) is 36.4 Å². The van der Waals surface area contributed by atoms with Gasteiger partial charge in [-0.1, -0.05) is 49.5 Å². The molecule has 10 heteroatoms. The molecule has 1 aliphatic carbocycles. The van der Waals surface area contributed by atoms with Gasteiger partial charge in [0, 0.05) is 11.6 Å². The van der Waals surface area contributed by atoms with Crippen LogP contribution in [-0.4, -0.2) is 45.4 Å². The number of nitrogens with one attached hydrogen (secondary N) is 1. The summed E-state index contributed by atoms with van der Waals surface area (Å²) in [6.45, 7) is 8.63. The zero-order chi connectivity index (χ0) is 24.7. The lowest BCUT2D eigenvalue weighted by molar-refractivity contribution is 0.356. The zero-order valence-electron chi connectivity index (χ0n) is 20.5. The van der Waals surface area contributed by atoms with E-state index in [0.29, 0.717) is 11.5 Å². The number of sulfonamides is 1. The Morgan fingerprint density at radius 2 is 1.79 bits per heavy atom. The van der Waals surface area contributed by atoms with Crippen LogP contribution in [0.2, 0.25) is 19.6 Å². The molecule has 1 unspecified atom stereocenters. The topological polar surface area (TPSA) is 95.3 Å². The molecule has 2 heterocycles. The largest absolute Gasteiger partial charge is 0.480 e. The number of benzene rings is 1. The monoisotopic (exact) mass is 500 g/mol. The second kappa shape index (κ2) is 9.07. The molecular weight excluding hydrogens is 468 g/mol. The Morgan fingerprint density at radius 3 is 2.35 bits per heavy atom. The summed E-state index contributed by atoms with van der Waals surface area (Å²) in [5.74, 6) is 0.426. The number of nitrogens with zero attached hydrogens (tertiary/aromatic N) is 3. The van der Waals surface area contributed by atoms with E-state index in [1.54, 1.807) is 36.1 Å². The van der Waals surface area contributed by atoms with Crippen LogP contribution >= 0.6 is 0 Å². The average Bonchev–Trinajstić information content (AvgIpc) is 3.13. The SMILES string of the molecule is COc1nc(OC)c2c([Si](C)(C)C)c(C3C=CCCC3)n(NS(=O)(=O)c3ccc(C)cc3)c2n1. The Bertz CT molecular complexity index is 1340. The first-order chi connectivity index (χ1) is 16.1. The summed E-state index contributed by atoms with van der Waals surface area (Å²) in [5, 5.41) is 1.83. The molecule has 0 fully saturated rings. The summed E-state index contributed by atoms with van der Waals surface area (Å²) in [6, 6.07) is 6.91. The number of methoxy groups -OCH3 is 2. The number of hydrogen-bond donors (Lipinski definition) is 1. The van der Waals surface area contributed by atoms with Crippen LogP contribution in [0.15, 0.2) is 41.3 Å². The van der Waals surface area contributed by atoms with Crippen molar-refractivity contribution in [3.05, 3.63) is 47.7 Å². The first kappa shape index (κ1) is 24.3. The van der Waals surface area contributed by atoms with Crippen LogP contribution in [0.3, 0.4) is 0 Å². The van der Waals surface area contributed by atoms with Crippen LogP contribution in [-0.2, 0) is 10.0 Å².